The monoisotopic (exact) mass is 794 g/mol. The number of fused-ring (bicyclic) bond motifs is 8. The smallest absolute Gasteiger partial charge is 0.0788 e. The number of benzene rings is 9. The quantitative estimate of drug-likeness (QED) is 0.157. The van der Waals surface area contributed by atoms with Gasteiger partial charge in [0.25, 0.3) is 0 Å². The van der Waals surface area contributed by atoms with Gasteiger partial charge in [-0.1, -0.05) is 139 Å². The summed E-state index contributed by atoms with van der Waals surface area (Å²) < 4.78 is 7.26. The molecule has 4 heteroatoms. The molecule has 62 heavy (non-hydrogen) atoms. The minimum atomic E-state index is 1.08. The van der Waals surface area contributed by atoms with Crippen LogP contribution in [0.5, 0.6) is 0 Å². The van der Waals surface area contributed by atoms with E-state index in [9.17, 15) is 0 Å². The third-order valence-electron chi connectivity index (χ3n) is 12.6. The van der Waals surface area contributed by atoms with Crippen LogP contribution < -0.4 is 4.90 Å². The molecule has 12 rings (SSSR count). The van der Waals surface area contributed by atoms with Crippen LogP contribution in [0.2, 0.25) is 0 Å². The summed E-state index contributed by atoms with van der Waals surface area (Å²) in [7, 11) is 0. The first kappa shape index (κ1) is 35.8. The summed E-state index contributed by atoms with van der Waals surface area (Å²) in [6.45, 7) is 4.29. The van der Waals surface area contributed by atoms with Gasteiger partial charge >= 0.3 is 0 Å². The highest BCUT2D eigenvalue weighted by atomic mass is 15.1. The normalized spacial score (nSPS) is 11.7. The Labute approximate surface area is 360 Å². The van der Waals surface area contributed by atoms with Crippen LogP contribution >= 0.6 is 0 Å². The van der Waals surface area contributed by atoms with Crippen molar-refractivity contribution in [1.29, 1.82) is 0 Å². The van der Waals surface area contributed by atoms with Gasteiger partial charge in [0, 0.05) is 72.8 Å². The van der Waals surface area contributed by atoms with Crippen molar-refractivity contribution in [3.05, 3.63) is 230 Å². The Morgan fingerprint density at radius 1 is 0.339 bits per heavy atom. The molecule has 3 aromatic heterocycles. The van der Waals surface area contributed by atoms with Crippen LogP contribution in [0.4, 0.5) is 17.1 Å². The van der Waals surface area contributed by atoms with Crippen molar-refractivity contribution in [2.24, 2.45) is 0 Å². The maximum absolute atomic E-state index is 2.48. The molecule has 294 valence electrons. The van der Waals surface area contributed by atoms with Gasteiger partial charge in [0.2, 0.25) is 0 Å². The fourth-order valence-electron chi connectivity index (χ4n) is 9.66. The molecule has 0 aliphatic carbocycles. The highest BCUT2D eigenvalue weighted by molar-refractivity contribution is 6.20. The van der Waals surface area contributed by atoms with Crippen molar-refractivity contribution in [1.82, 2.24) is 13.7 Å². The third-order valence-corrected chi connectivity index (χ3v) is 12.6. The van der Waals surface area contributed by atoms with E-state index in [-0.39, 0.29) is 0 Å². The summed E-state index contributed by atoms with van der Waals surface area (Å²) >= 11 is 0. The number of hydrogen-bond acceptors (Lipinski definition) is 1. The Morgan fingerprint density at radius 3 is 1.65 bits per heavy atom. The summed E-state index contributed by atoms with van der Waals surface area (Å²) in [4.78, 5) is 2.41. The second-order valence-corrected chi connectivity index (χ2v) is 16.4. The lowest BCUT2D eigenvalue weighted by molar-refractivity contribution is 1.11. The number of anilines is 3. The number of hydrogen-bond donors (Lipinski definition) is 0. The van der Waals surface area contributed by atoms with Crippen LogP contribution in [0.25, 0.3) is 82.7 Å². The Balaban J connectivity index is 1.11. The maximum atomic E-state index is 2.48. The predicted octanol–water partition coefficient (Wildman–Crippen LogP) is 15.6. The van der Waals surface area contributed by atoms with E-state index in [2.05, 4.69) is 251 Å². The molecule has 0 amide bonds. The Morgan fingerprint density at radius 2 is 0.903 bits per heavy atom. The van der Waals surface area contributed by atoms with Gasteiger partial charge in [0.05, 0.1) is 27.6 Å². The molecule has 0 aliphatic heterocycles. The van der Waals surface area contributed by atoms with E-state index in [1.165, 1.54) is 76.8 Å². The number of rotatable bonds is 7. The second kappa shape index (κ2) is 14.3. The lowest BCUT2D eigenvalue weighted by Gasteiger charge is -2.26. The van der Waals surface area contributed by atoms with E-state index in [4.69, 9.17) is 0 Å². The minimum Gasteiger partial charge on any atom is -0.314 e. The van der Waals surface area contributed by atoms with E-state index in [0.717, 1.165) is 34.1 Å². The van der Waals surface area contributed by atoms with Gasteiger partial charge in [0.1, 0.15) is 0 Å². The van der Waals surface area contributed by atoms with Gasteiger partial charge in [-0.05, 0) is 104 Å². The van der Waals surface area contributed by atoms with Gasteiger partial charge in [-0.2, -0.15) is 0 Å². The van der Waals surface area contributed by atoms with Crippen LogP contribution in [0.3, 0.4) is 0 Å². The van der Waals surface area contributed by atoms with Crippen LogP contribution in [0.15, 0.2) is 219 Å². The first-order chi connectivity index (χ1) is 30.6. The molecule has 0 atom stereocenters. The number of aromatic nitrogens is 3. The molecule has 0 saturated heterocycles. The topological polar surface area (TPSA) is 18.0 Å². The lowest BCUT2D eigenvalue weighted by atomic mass is 10.0. The van der Waals surface area contributed by atoms with E-state index < -0.39 is 0 Å². The van der Waals surface area contributed by atoms with Crippen molar-refractivity contribution < 1.29 is 0 Å². The average molecular weight is 795 g/mol. The third kappa shape index (κ3) is 5.68. The van der Waals surface area contributed by atoms with Gasteiger partial charge in [-0.15, -0.1) is 0 Å². The largest absolute Gasteiger partial charge is 0.314 e. The molecule has 0 aliphatic rings. The van der Waals surface area contributed by atoms with E-state index in [1.807, 2.05) is 0 Å². The molecule has 0 radical (unpaired) electrons. The molecule has 0 spiro atoms. The first-order valence-corrected chi connectivity index (χ1v) is 21.3. The SMILES string of the molecule is Cc1ccc(N(c2cccc(-n3c4ccccc4c4ccc5c(-c6ccccc6)cn(-c6ccccc6)c5c43)c2)c2ccc3c(c2)c2ccccc2n3-c2ccc(C)cc2)cc1. The zero-order chi connectivity index (χ0) is 41.3. The van der Waals surface area contributed by atoms with Crippen molar-refractivity contribution in [3.8, 4) is 28.2 Å². The molecule has 9 aromatic carbocycles. The Hall–Kier alpha value is -8.08. The van der Waals surface area contributed by atoms with Gasteiger partial charge in [0.15, 0.2) is 0 Å². The second-order valence-electron chi connectivity index (χ2n) is 16.4. The van der Waals surface area contributed by atoms with Gasteiger partial charge in [-0.25, -0.2) is 0 Å². The van der Waals surface area contributed by atoms with E-state index in [1.54, 1.807) is 0 Å². The molecule has 0 fully saturated rings. The zero-order valence-corrected chi connectivity index (χ0v) is 34.6. The van der Waals surface area contributed by atoms with Crippen LogP contribution in [0.1, 0.15) is 11.1 Å². The number of aryl methyl sites for hydroxylation is 2. The maximum Gasteiger partial charge on any atom is 0.0788 e. The van der Waals surface area contributed by atoms with Gasteiger partial charge in [-0.3, -0.25) is 0 Å². The molecular weight excluding hydrogens is 753 g/mol. The molecule has 0 bridgehead atoms. The Bertz CT molecular complexity index is 3630. The summed E-state index contributed by atoms with van der Waals surface area (Å²) in [6, 6.07) is 77.5. The molecule has 0 unspecified atom stereocenters. The van der Waals surface area contributed by atoms with Crippen molar-refractivity contribution in [2.45, 2.75) is 13.8 Å². The number of nitrogens with zero attached hydrogens (tertiary/aromatic N) is 4. The summed E-state index contributed by atoms with van der Waals surface area (Å²) in [5.74, 6) is 0. The fraction of sp³-hybridized carbons (Fsp3) is 0.0345. The number of para-hydroxylation sites is 3. The molecule has 12 aromatic rings. The Kier molecular flexibility index (Phi) is 8.26. The summed E-state index contributed by atoms with van der Waals surface area (Å²) in [6.07, 6.45) is 2.32. The van der Waals surface area contributed by atoms with Crippen LogP contribution in [0, 0.1) is 13.8 Å². The van der Waals surface area contributed by atoms with Crippen LogP contribution in [-0.2, 0) is 0 Å². The van der Waals surface area contributed by atoms with Crippen molar-refractivity contribution in [3.63, 3.8) is 0 Å². The van der Waals surface area contributed by atoms with Crippen LogP contribution in [-0.4, -0.2) is 13.7 Å². The molecule has 4 nitrogen and oxygen atoms in total. The predicted molar refractivity (Wildman–Crippen MR) is 262 cm³/mol. The lowest BCUT2D eigenvalue weighted by Crippen LogP contribution is -2.10. The first-order valence-electron chi connectivity index (χ1n) is 21.3. The van der Waals surface area contributed by atoms with E-state index in [0.29, 0.717) is 0 Å². The minimum absolute atomic E-state index is 1.08. The van der Waals surface area contributed by atoms with Gasteiger partial charge < -0.3 is 18.6 Å². The highest BCUT2D eigenvalue weighted by Crippen LogP contribution is 2.44. The van der Waals surface area contributed by atoms with Crippen molar-refractivity contribution >= 4 is 71.6 Å². The highest BCUT2D eigenvalue weighted by Gasteiger charge is 2.23. The average Bonchev–Trinajstić information content (AvgIpc) is 3.99. The summed E-state index contributed by atoms with van der Waals surface area (Å²) in [5, 5.41) is 6.11. The van der Waals surface area contributed by atoms with E-state index >= 15 is 0 Å². The van der Waals surface area contributed by atoms with Crippen molar-refractivity contribution in [2.75, 3.05) is 4.90 Å². The summed E-state index contributed by atoms with van der Waals surface area (Å²) in [5.41, 5.74) is 17.4. The molecule has 3 heterocycles. The molecule has 0 N–H and O–H groups in total. The molecular formula is C58H42N4. The zero-order valence-electron chi connectivity index (χ0n) is 34.6. The fourth-order valence-corrected chi connectivity index (χ4v) is 9.66. The standard InChI is InChI=1S/C58H42N4/c1-39-24-28-43(29-25-39)60(47-32-35-56-52(37-47)49-21-10-11-22-54(49)61(56)44-30-26-40(2)27-31-44)45-18-13-19-46(36-45)62-55-23-12-9-20-48(55)50-33-34-51-53(41-14-5-3-6-15-41)38-59(57(51)58(50)62)42-16-7-4-8-17-42/h3-38H,1-2H3. The molecule has 0 saturated carbocycles.